The first-order valence-corrected chi connectivity index (χ1v) is 5.46. The van der Waals surface area contributed by atoms with Gasteiger partial charge in [-0.05, 0) is 26.3 Å². The summed E-state index contributed by atoms with van der Waals surface area (Å²) in [7, 11) is 1.87. The van der Waals surface area contributed by atoms with Gasteiger partial charge in [0.2, 0.25) is 5.91 Å². The molecule has 86 valence electrons. The van der Waals surface area contributed by atoms with Crippen molar-refractivity contribution in [2.24, 2.45) is 11.7 Å². The number of nitrogens with zero attached hydrogens (tertiary/aromatic N) is 1. The maximum atomic E-state index is 11.4. The third-order valence-corrected chi connectivity index (χ3v) is 3.52. The summed E-state index contributed by atoms with van der Waals surface area (Å²) in [5.74, 6) is 0.416. The highest BCUT2D eigenvalue weighted by Gasteiger charge is 2.32. The van der Waals surface area contributed by atoms with Crippen LogP contribution < -0.4 is 5.73 Å². The average molecular weight is 212 g/mol. The van der Waals surface area contributed by atoms with Gasteiger partial charge in [0.15, 0.2) is 0 Å². The van der Waals surface area contributed by atoms with Crippen molar-refractivity contribution in [2.75, 3.05) is 7.05 Å². The Labute approximate surface area is 90.8 Å². The van der Waals surface area contributed by atoms with E-state index < -0.39 is 0 Å². The highest BCUT2D eigenvalue weighted by molar-refractivity contribution is 5.81. The number of hydrogen-bond donors (Lipinski definition) is 1. The van der Waals surface area contributed by atoms with E-state index in [1.54, 1.807) is 6.92 Å². The summed E-state index contributed by atoms with van der Waals surface area (Å²) in [4.78, 5) is 24.4. The molecule has 1 aliphatic rings. The van der Waals surface area contributed by atoms with E-state index >= 15 is 0 Å². The van der Waals surface area contributed by atoms with Gasteiger partial charge in [0.05, 0.1) is 6.04 Å². The van der Waals surface area contributed by atoms with Crippen LogP contribution in [0.2, 0.25) is 0 Å². The molecule has 0 bridgehead atoms. The second-order valence-electron chi connectivity index (χ2n) is 4.57. The van der Waals surface area contributed by atoms with E-state index in [1.165, 1.54) is 0 Å². The van der Waals surface area contributed by atoms with Gasteiger partial charge < -0.3 is 5.73 Å². The summed E-state index contributed by atoms with van der Waals surface area (Å²) >= 11 is 0. The minimum atomic E-state index is -0.331. The van der Waals surface area contributed by atoms with E-state index in [4.69, 9.17) is 5.73 Å². The van der Waals surface area contributed by atoms with Gasteiger partial charge in [0, 0.05) is 18.9 Å². The Hall–Kier alpha value is -0.900. The van der Waals surface area contributed by atoms with Gasteiger partial charge in [-0.15, -0.1) is 0 Å². The zero-order valence-electron chi connectivity index (χ0n) is 9.69. The molecule has 1 rings (SSSR count). The van der Waals surface area contributed by atoms with Crippen LogP contribution >= 0.6 is 0 Å². The number of likely N-dealkylation sites (N-methyl/N-ethyl adjacent to an activating group) is 1. The maximum absolute atomic E-state index is 11.4. The third kappa shape index (κ3) is 2.78. The molecule has 2 N–H and O–H groups in total. The van der Waals surface area contributed by atoms with Crippen LogP contribution in [-0.2, 0) is 9.59 Å². The second-order valence-corrected chi connectivity index (χ2v) is 4.57. The Morgan fingerprint density at radius 1 is 1.60 bits per heavy atom. The molecule has 0 aliphatic heterocycles. The fourth-order valence-corrected chi connectivity index (χ4v) is 2.15. The highest BCUT2D eigenvalue weighted by Crippen LogP contribution is 2.26. The van der Waals surface area contributed by atoms with Crippen LogP contribution in [0.25, 0.3) is 0 Å². The molecule has 4 heteroatoms. The van der Waals surface area contributed by atoms with Crippen molar-refractivity contribution < 1.29 is 9.59 Å². The van der Waals surface area contributed by atoms with Crippen LogP contribution in [0.4, 0.5) is 0 Å². The van der Waals surface area contributed by atoms with Crippen molar-refractivity contribution in [3.63, 3.8) is 0 Å². The predicted molar refractivity (Wildman–Crippen MR) is 58.2 cm³/mol. The molecule has 1 saturated carbocycles. The number of carbonyl (C=O) groups excluding carboxylic acids is 2. The van der Waals surface area contributed by atoms with Gasteiger partial charge in [-0.1, -0.05) is 6.92 Å². The normalized spacial score (nSPS) is 29.2. The second kappa shape index (κ2) is 4.75. The molecule has 0 aromatic rings. The van der Waals surface area contributed by atoms with Crippen LogP contribution in [0.15, 0.2) is 0 Å². The predicted octanol–water partition coefficient (Wildman–Crippen LogP) is 0.550. The number of rotatable bonds is 3. The topological polar surface area (TPSA) is 63.4 Å². The minimum Gasteiger partial charge on any atom is -0.368 e. The summed E-state index contributed by atoms with van der Waals surface area (Å²) in [5.41, 5.74) is 5.26. The third-order valence-electron chi connectivity index (χ3n) is 3.52. The van der Waals surface area contributed by atoms with Gasteiger partial charge in [0.1, 0.15) is 5.78 Å². The Balaban J connectivity index is 2.68. The first-order valence-electron chi connectivity index (χ1n) is 5.46. The molecule has 0 aromatic carbocycles. The average Bonchev–Trinajstić information content (AvgIpc) is 2.19. The van der Waals surface area contributed by atoms with Crippen molar-refractivity contribution >= 4 is 11.7 Å². The van der Waals surface area contributed by atoms with Gasteiger partial charge in [-0.2, -0.15) is 0 Å². The Morgan fingerprint density at radius 2 is 2.20 bits per heavy atom. The fourth-order valence-electron chi connectivity index (χ4n) is 2.15. The lowest BCUT2D eigenvalue weighted by Crippen LogP contribution is -2.50. The minimum absolute atomic E-state index is 0.161. The number of ketones is 1. The first kappa shape index (κ1) is 12.2. The van der Waals surface area contributed by atoms with Crippen molar-refractivity contribution in [1.82, 2.24) is 4.90 Å². The zero-order valence-corrected chi connectivity index (χ0v) is 9.69. The molecular formula is C11H20N2O2. The Kier molecular flexibility index (Phi) is 3.85. The fraction of sp³-hybridized carbons (Fsp3) is 0.818. The molecule has 0 aromatic heterocycles. The molecule has 3 atom stereocenters. The SMILES string of the molecule is CC1CCC(=O)CC1N(C)[C@@H](C)C(N)=O. The monoisotopic (exact) mass is 212 g/mol. The number of amides is 1. The summed E-state index contributed by atoms with van der Waals surface area (Å²) < 4.78 is 0. The summed E-state index contributed by atoms with van der Waals surface area (Å²) in [5, 5.41) is 0. The highest BCUT2D eigenvalue weighted by atomic mass is 16.1. The van der Waals surface area contributed by atoms with E-state index in [9.17, 15) is 9.59 Å². The van der Waals surface area contributed by atoms with Crippen LogP contribution in [0.1, 0.15) is 33.1 Å². The van der Waals surface area contributed by atoms with Crippen LogP contribution in [-0.4, -0.2) is 35.7 Å². The molecular weight excluding hydrogens is 192 g/mol. The van der Waals surface area contributed by atoms with Gasteiger partial charge in [-0.25, -0.2) is 0 Å². The lowest BCUT2D eigenvalue weighted by molar-refractivity contribution is -0.128. The maximum Gasteiger partial charge on any atom is 0.234 e. The Bertz CT molecular complexity index is 265. The molecule has 0 saturated heterocycles. The molecule has 0 heterocycles. The quantitative estimate of drug-likeness (QED) is 0.743. The van der Waals surface area contributed by atoms with Gasteiger partial charge in [-0.3, -0.25) is 14.5 Å². The smallest absolute Gasteiger partial charge is 0.234 e. The van der Waals surface area contributed by atoms with Gasteiger partial charge in [0.25, 0.3) is 0 Å². The molecule has 2 unspecified atom stereocenters. The summed E-state index contributed by atoms with van der Waals surface area (Å²) in [6, 6.07) is -0.142. The first-order chi connectivity index (χ1) is 6.93. The number of primary amides is 1. The number of Topliss-reactive ketones (excluding diaryl/α,β-unsaturated/α-hetero) is 1. The number of hydrogen-bond acceptors (Lipinski definition) is 3. The summed E-state index contributed by atoms with van der Waals surface area (Å²) in [6.45, 7) is 3.91. The van der Waals surface area contributed by atoms with Crippen molar-refractivity contribution in [3.05, 3.63) is 0 Å². The van der Waals surface area contributed by atoms with Crippen molar-refractivity contribution in [2.45, 2.75) is 45.2 Å². The van der Waals surface area contributed by atoms with Crippen LogP contribution in [0, 0.1) is 5.92 Å². The number of carbonyl (C=O) groups is 2. The molecule has 15 heavy (non-hydrogen) atoms. The van der Waals surface area contributed by atoms with E-state index in [-0.39, 0.29) is 18.0 Å². The largest absolute Gasteiger partial charge is 0.368 e. The van der Waals surface area contributed by atoms with E-state index in [0.717, 1.165) is 6.42 Å². The van der Waals surface area contributed by atoms with E-state index in [0.29, 0.717) is 24.5 Å². The van der Waals surface area contributed by atoms with E-state index in [2.05, 4.69) is 6.92 Å². The summed E-state index contributed by atoms with van der Waals surface area (Å²) in [6.07, 6.45) is 2.14. The van der Waals surface area contributed by atoms with Gasteiger partial charge >= 0.3 is 0 Å². The molecule has 0 radical (unpaired) electrons. The molecule has 0 spiro atoms. The molecule has 4 nitrogen and oxygen atoms in total. The van der Waals surface area contributed by atoms with Crippen LogP contribution in [0.3, 0.4) is 0 Å². The number of nitrogens with two attached hydrogens (primary N) is 1. The van der Waals surface area contributed by atoms with Crippen LogP contribution in [0.5, 0.6) is 0 Å². The van der Waals surface area contributed by atoms with Crippen molar-refractivity contribution in [1.29, 1.82) is 0 Å². The standard InChI is InChI=1S/C11H20N2O2/c1-7-4-5-9(14)6-10(7)13(3)8(2)11(12)15/h7-8,10H,4-6H2,1-3H3,(H2,12,15)/t7?,8-,10?/m0/s1. The molecule has 1 amide bonds. The van der Waals surface area contributed by atoms with E-state index in [1.807, 2.05) is 11.9 Å². The molecule has 1 fully saturated rings. The molecule has 1 aliphatic carbocycles. The zero-order chi connectivity index (χ0) is 11.6. The lowest BCUT2D eigenvalue weighted by Gasteiger charge is -2.37. The lowest BCUT2D eigenvalue weighted by atomic mass is 9.84. The van der Waals surface area contributed by atoms with Crippen molar-refractivity contribution in [3.8, 4) is 0 Å². The Morgan fingerprint density at radius 3 is 2.73 bits per heavy atom.